The predicted octanol–water partition coefficient (Wildman–Crippen LogP) is 2.78. The summed E-state index contributed by atoms with van der Waals surface area (Å²) in [6, 6.07) is 10.2. The van der Waals surface area contributed by atoms with Crippen molar-refractivity contribution in [3.05, 3.63) is 35.9 Å². The third-order valence-electron chi connectivity index (χ3n) is 2.53. The van der Waals surface area contributed by atoms with Gasteiger partial charge in [0.2, 0.25) is 5.91 Å². The van der Waals surface area contributed by atoms with Crippen molar-refractivity contribution in [2.75, 3.05) is 6.54 Å². The lowest BCUT2D eigenvalue weighted by Gasteiger charge is -2.06. The van der Waals surface area contributed by atoms with Gasteiger partial charge in [-0.15, -0.1) is 0 Å². The molecule has 1 amide bonds. The standard InChI is InChI=1S/C14H21NO/c1-12(2)8-9-14(16)15-11-10-13-6-4-3-5-7-13/h3-7,12H,8-11H2,1-2H3,(H,15,16). The Morgan fingerprint density at radius 1 is 1.25 bits per heavy atom. The predicted molar refractivity (Wildman–Crippen MR) is 67.2 cm³/mol. The summed E-state index contributed by atoms with van der Waals surface area (Å²) in [7, 11) is 0. The van der Waals surface area contributed by atoms with E-state index in [-0.39, 0.29) is 5.91 Å². The molecular formula is C14H21NO. The molecule has 0 fully saturated rings. The maximum absolute atomic E-state index is 11.4. The molecular weight excluding hydrogens is 198 g/mol. The van der Waals surface area contributed by atoms with Gasteiger partial charge in [0.05, 0.1) is 0 Å². The van der Waals surface area contributed by atoms with E-state index in [0.29, 0.717) is 12.3 Å². The van der Waals surface area contributed by atoms with Crippen molar-refractivity contribution in [2.24, 2.45) is 5.92 Å². The summed E-state index contributed by atoms with van der Waals surface area (Å²) in [6.45, 7) is 5.01. The van der Waals surface area contributed by atoms with Crippen LogP contribution in [-0.2, 0) is 11.2 Å². The first kappa shape index (κ1) is 12.8. The van der Waals surface area contributed by atoms with E-state index in [0.717, 1.165) is 19.4 Å². The van der Waals surface area contributed by atoms with E-state index in [1.165, 1.54) is 5.56 Å². The minimum Gasteiger partial charge on any atom is -0.356 e. The Labute approximate surface area is 98.1 Å². The van der Waals surface area contributed by atoms with Gasteiger partial charge in [-0.1, -0.05) is 44.2 Å². The Morgan fingerprint density at radius 2 is 1.94 bits per heavy atom. The monoisotopic (exact) mass is 219 g/mol. The molecule has 0 aliphatic carbocycles. The lowest BCUT2D eigenvalue weighted by Crippen LogP contribution is -2.25. The average molecular weight is 219 g/mol. The first-order chi connectivity index (χ1) is 7.68. The van der Waals surface area contributed by atoms with Gasteiger partial charge in [-0.3, -0.25) is 4.79 Å². The second-order valence-corrected chi connectivity index (χ2v) is 4.52. The molecule has 2 heteroatoms. The average Bonchev–Trinajstić information content (AvgIpc) is 2.28. The van der Waals surface area contributed by atoms with Crippen LogP contribution in [0.15, 0.2) is 30.3 Å². The molecule has 0 bridgehead atoms. The van der Waals surface area contributed by atoms with Crippen LogP contribution in [0.5, 0.6) is 0 Å². The van der Waals surface area contributed by atoms with Crippen molar-refractivity contribution in [1.29, 1.82) is 0 Å². The molecule has 1 aromatic rings. The van der Waals surface area contributed by atoms with E-state index in [1.54, 1.807) is 0 Å². The Bertz CT molecular complexity index is 306. The number of amides is 1. The largest absolute Gasteiger partial charge is 0.356 e. The molecule has 0 saturated carbocycles. The van der Waals surface area contributed by atoms with Crippen LogP contribution >= 0.6 is 0 Å². The summed E-state index contributed by atoms with van der Waals surface area (Å²) in [5.41, 5.74) is 1.27. The van der Waals surface area contributed by atoms with Gasteiger partial charge >= 0.3 is 0 Å². The van der Waals surface area contributed by atoms with Gasteiger partial charge in [0.25, 0.3) is 0 Å². The van der Waals surface area contributed by atoms with Crippen molar-refractivity contribution in [1.82, 2.24) is 5.32 Å². The highest BCUT2D eigenvalue weighted by Crippen LogP contribution is 2.03. The molecule has 16 heavy (non-hydrogen) atoms. The summed E-state index contributed by atoms with van der Waals surface area (Å²) in [5, 5.41) is 2.95. The number of hydrogen-bond donors (Lipinski definition) is 1. The quantitative estimate of drug-likeness (QED) is 0.783. The SMILES string of the molecule is CC(C)CCC(=O)NCCc1ccccc1. The van der Waals surface area contributed by atoms with E-state index in [2.05, 4.69) is 31.3 Å². The number of benzene rings is 1. The molecule has 1 aromatic carbocycles. The van der Waals surface area contributed by atoms with Gasteiger partial charge in [-0.05, 0) is 24.3 Å². The Morgan fingerprint density at radius 3 is 2.56 bits per heavy atom. The van der Waals surface area contributed by atoms with Gasteiger partial charge in [0.15, 0.2) is 0 Å². The molecule has 0 spiro atoms. The van der Waals surface area contributed by atoms with Gasteiger partial charge < -0.3 is 5.32 Å². The summed E-state index contributed by atoms with van der Waals surface area (Å²) < 4.78 is 0. The molecule has 2 nitrogen and oxygen atoms in total. The van der Waals surface area contributed by atoms with Crippen LogP contribution in [0.4, 0.5) is 0 Å². The van der Waals surface area contributed by atoms with Gasteiger partial charge in [0.1, 0.15) is 0 Å². The summed E-state index contributed by atoms with van der Waals surface area (Å²) in [6.07, 6.45) is 2.53. The Balaban J connectivity index is 2.13. The molecule has 0 atom stereocenters. The topological polar surface area (TPSA) is 29.1 Å². The molecule has 0 heterocycles. The van der Waals surface area contributed by atoms with Crippen LogP contribution < -0.4 is 5.32 Å². The van der Waals surface area contributed by atoms with Crippen LogP contribution in [-0.4, -0.2) is 12.5 Å². The first-order valence-electron chi connectivity index (χ1n) is 5.99. The molecule has 0 unspecified atom stereocenters. The number of hydrogen-bond acceptors (Lipinski definition) is 1. The molecule has 0 aliphatic heterocycles. The third-order valence-corrected chi connectivity index (χ3v) is 2.53. The lowest BCUT2D eigenvalue weighted by atomic mass is 10.1. The molecule has 0 radical (unpaired) electrons. The Kier molecular flexibility index (Phi) is 5.62. The summed E-state index contributed by atoms with van der Waals surface area (Å²) in [5.74, 6) is 0.768. The van der Waals surface area contributed by atoms with E-state index in [1.807, 2.05) is 18.2 Å². The molecule has 0 saturated heterocycles. The van der Waals surface area contributed by atoms with Crippen molar-refractivity contribution in [3.8, 4) is 0 Å². The van der Waals surface area contributed by atoms with Crippen molar-refractivity contribution < 1.29 is 4.79 Å². The zero-order chi connectivity index (χ0) is 11.8. The van der Waals surface area contributed by atoms with Crippen molar-refractivity contribution in [3.63, 3.8) is 0 Å². The van der Waals surface area contributed by atoms with E-state index in [9.17, 15) is 4.79 Å². The maximum Gasteiger partial charge on any atom is 0.220 e. The molecule has 1 N–H and O–H groups in total. The Hall–Kier alpha value is -1.31. The van der Waals surface area contributed by atoms with E-state index in [4.69, 9.17) is 0 Å². The number of nitrogens with one attached hydrogen (secondary N) is 1. The highest BCUT2D eigenvalue weighted by molar-refractivity contribution is 5.75. The second kappa shape index (κ2) is 7.04. The fourth-order valence-electron chi connectivity index (χ4n) is 1.50. The summed E-state index contributed by atoms with van der Waals surface area (Å²) in [4.78, 5) is 11.4. The molecule has 0 aliphatic rings. The third kappa shape index (κ3) is 5.54. The van der Waals surface area contributed by atoms with Crippen LogP contribution in [0, 0.1) is 5.92 Å². The van der Waals surface area contributed by atoms with Gasteiger partial charge in [0, 0.05) is 13.0 Å². The molecule has 1 rings (SSSR count). The van der Waals surface area contributed by atoms with Crippen LogP contribution in [0.1, 0.15) is 32.3 Å². The van der Waals surface area contributed by atoms with Crippen LogP contribution in [0.25, 0.3) is 0 Å². The minimum absolute atomic E-state index is 0.171. The zero-order valence-corrected chi connectivity index (χ0v) is 10.2. The number of carbonyl (C=O) groups excluding carboxylic acids is 1. The fourth-order valence-corrected chi connectivity index (χ4v) is 1.50. The maximum atomic E-state index is 11.4. The van der Waals surface area contributed by atoms with Crippen LogP contribution in [0.2, 0.25) is 0 Å². The van der Waals surface area contributed by atoms with Gasteiger partial charge in [-0.2, -0.15) is 0 Å². The first-order valence-corrected chi connectivity index (χ1v) is 5.99. The highest BCUT2D eigenvalue weighted by Gasteiger charge is 2.02. The van der Waals surface area contributed by atoms with Gasteiger partial charge in [-0.25, -0.2) is 0 Å². The number of rotatable bonds is 6. The van der Waals surface area contributed by atoms with Crippen LogP contribution in [0.3, 0.4) is 0 Å². The summed E-state index contributed by atoms with van der Waals surface area (Å²) >= 11 is 0. The lowest BCUT2D eigenvalue weighted by molar-refractivity contribution is -0.121. The van der Waals surface area contributed by atoms with Crippen molar-refractivity contribution >= 4 is 5.91 Å². The smallest absolute Gasteiger partial charge is 0.220 e. The zero-order valence-electron chi connectivity index (χ0n) is 10.2. The second-order valence-electron chi connectivity index (χ2n) is 4.52. The highest BCUT2D eigenvalue weighted by atomic mass is 16.1. The minimum atomic E-state index is 0.171. The normalized spacial score (nSPS) is 10.4. The fraction of sp³-hybridized carbons (Fsp3) is 0.500. The van der Waals surface area contributed by atoms with Crippen molar-refractivity contribution in [2.45, 2.75) is 33.1 Å². The molecule has 0 aromatic heterocycles. The van der Waals surface area contributed by atoms with E-state index >= 15 is 0 Å². The van der Waals surface area contributed by atoms with E-state index < -0.39 is 0 Å². The number of carbonyl (C=O) groups is 1. The molecule has 88 valence electrons.